The number of hydrogen-bond donors (Lipinski definition) is 0. The Labute approximate surface area is 117 Å². The molecule has 0 spiro atoms. The van der Waals surface area contributed by atoms with Crippen LogP contribution in [-0.4, -0.2) is 36.3 Å². The Morgan fingerprint density at radius 1 is 1.15 bits per heavy atom. The molecule has 0 aromatic heterocycles. The lowest BCUT2D eigenvalue weighted by Crippen LogP contribution is -2.31. The summed E-state index contributed by atoms with van der Waals surface area (Å²) >= 11 is 0. The highest BCUT2D eigenvalue weighted by molar-refractivity contribution is 5.55. The fraction of sp³-hybridized carbons (Fsp3) is 0.571. The first-order valence-corrected chi connectivity index (χ1v) is 7.03. The summed E-state index contributed by atoms with van der Waals surface area (Å²) in [6.07, 6.45) is 4.42. The molecule has 0 atom stereocenters. The minimum absolute atomic E-state index is 0.131. The number of nitro groups is 1. The van der Waals surface area contributed by atoms with Gasteiger partial charge in [0.1, 0.15) is 0 Å². The van der Waals surface area contributed by atoms with Gasteiger partial charge in [0.2, 0.25) is 6.79 Å². The van der Waals surface area contributed by atoms with Crippen molar-refractivity contribution in [3.8, 4) is 11.5 Å². The summed E-state index contributed by atoms with van der Waals surface area (Å²) in [6, 6.07) is 3.23. The van der Waals surface area contributed by atoms with Crippen LogP contribution in [0.2, 0.25) is 0 Å². The van der Waals surface area contributed by atoms with E-state index in [1.165, 1.54) is 25.3 Å². The molecule has 0 bridgehead atoms. The van der Waals surface area contributed by atoms with Crippen molar-refractivity contribution in [2.45, 2.75) is 25.7 Å². The van der Waals surface area contributed by atoms with E-state index >= 15 is 0 Å². The van der Waals surface area contributed by atoms with Crippen molar-refractivity contribution in [3.05, 3.63) is 27.8 Å². The van der Waals surface area contributed by atoms with Crippen LogP contribution in [0.1, 0.15) is 24.8 Å². The summed E-state index contributed by atoms with van der Waals surface area (Å²) in [5.41, 5.74) is 0.857. The van der Waals surface area contributed by atoms with Gasteiger partial charge in [0.25, 0.3) is 5.69 Å². The van der Waals surface area contributed by atoms with Crippen LogP contribution in [0.15, 0.2) is 12.1 Å². The standard InChI is InChI=1S/C14H18N2O4/c17-16(18)12-9-14-13(19-10-20-14)8-11(12)4-7-15-5-2-1-3-6-15/h8-9H,1-7,10H2. The fourth-order valence-corrected chi connectivity index (χ4v) is 2.81. The lowest BCUT2D eigenvalue weighted by Gasteiger charge is -2.26. The molecule has 1 aromatic rings. The molecule has 6 heteroatoms. The average Bonchev–Trinajstić information content (AvgIpc) is 2.92. The number of ether oxygens (including phenoxy) is 2. The zero-order valence-electron chi connectivity index (χ0n) is 11.3. The minimum Gasteiger partial charge on any atom is -0.454 e. The maximum absolute atomic E-state index is 11.2. The number of rotatable bonds is 4. The predicted molar refractivity (Wildman–Crippen MR) is 73.2 cm³/mol. The van der Waals surface area contributed by atoms with Crippen molar-refractivity contribution in [1.82, 2.24) is 4.90 Å². The zero-order valence-corrected chi connectivity index (χ0v) is 11.3. The number of fused-ring (bicyclic) bond motifs is 1. The van der Waals surface area contributed by atoms with Crippen molar-refractivity contribution >= 4 is 5.69 Å². The molecular weight excluding hydrogens is 260 g/mol. The first-order valence-electron chi connectivity index (χ1n) is 7.03. The normalized spacial score (nSPS) is 18.2. The van der Waals surface area contributed by atoms with Gasteiger partial charge in [-0.3, -0.25) is 10.1 Å². The van der Waals surface area contributed by atoms with Crippen molar-refractivity contribution in [2.75, 3.05) is 26.4 Å². The molecule has 6 nitrogen and oxygen atoms in total. The molecule has 108 valence electrons. The van der Waals surface area contributed by atoms with E-state index in [1.54, 1.807) is 6.07 Å². The number of likely N-dealkylation sites (tertiary alicyclic amines) is 1. The van der Waals surface area contributed by atoms with Gasteiger partial charge in [0.05, 0.1) is 11.0 Å². The minimum atomic E-state index is -0.340. The largest absolute Gasteiger partial charge is 0.454 e. The summed E-state index contributed by atoms with van der Waals surface area (Å²) in [6.45, 7) is 3.19. The maximum Gasteiger partial charge on any atom is 0.276 e. The van der Waals surface area contributed by atoms with E-state index in [2.05, 4.69) is 4.90 Å². The van der Waals surface area contributed by atoms with Crippen LogP contribution in [0.25, 0.3) is 0 Å². The molecule has 20 heavy (non-hydrogen) atoms. The van der Waals surface area contributed by atoms with Crippen LogP contribution < -0.4 is 9.47 Å². The van der Waals surface area contributed by atoms with Gasteiger partial charge in [-0.05, 0) is 38.4 Å². The van der Waals surface area contributed by atoms with Crippen LogP contribution in [-0.2, 0) is 6.42 Å². The third-order valence-corrected chi connectivity index (χ3v) is 3.92. The average molecular weight is 278 g/mol. The summed E-state index contributed by atoms with van der Waals surface area (Å²) in [7, 11) is 0. The van der Waals surface area contributed by atoms with Crippen LogP contribution in [0.4, 0.5) is 5.69 Å². The van der Waals surface area contributed by atoms with E-state index in [9.17, 15) is 10.1 Å². The molecule has 1 fully saturated rings. The van der Waals surface area contributed by atoms with Crippen LogP contribution in [0, 0.1) is 10.1 Å². The Kier molecular flexibility index (Phi) is 3.73. The van der Waals surface area contributed by atoms with Crippen LogP contribution in [0.3, 0.4) is 0 Å². The number of benzene rings is 1. The molecule has 2 aliphatic rings. The lowest BCUT2D eigenvalue weighted by atomic mass is 10.1. The Morgan fingerprint density at radius 2 is 1.85 bits per heavy atom. The van der Waals surface area contributed by atoms with Crippen molar-refractivity contribution in [2.24, 2.45) is 0 Å². The van der Waals surface area contributed by atoms with E-state index < -0.39 is 0 Å². The molecule has 2 heterocycles. The van der Waals surface area contributed by atoms with Gasteiger partial charge in [0, 0.05) is 12.1 Å². The van der Waals surface area contributed by atoms with E-state index in [0.717, 1.165) is 25.2 Å². The van der Waals surface area contributed by atoms with Gasteiger partial charge < -0.3 is 14.4 Å². The highest BCUT2D eigenvalue weighted by atomic mass is 16.7. The lowest BCUT2D eigenvalue weighted by molar-refractivity contribution is -0.385. The van der Waals surface area contributed by atoms with E-state index in [0.29, 0.717) is 17.9 Å². The summed E-state index contributed by atoms with van der Waals surface area (Å²) in [4.78, 5) is 13.2. The highest BCUT2D eigenvalue weighted by Gasteiger charge is 2.23. The number of hydrogen-bond acceptors (Lipinski definition) is 5. The molecule has 0 amide bonds. The maximum atomic E-state index is 11.2. The molecule has 0 saturated carbocycles. The Balaban J connectivity index is 1.75. The van der Waals surface area contributed by atoms with Gasteiger partial charge in [-0.25, -0.2) is 0 Å². The van der Waals surface area contributed by atoms with E-state index in [4.69, 9.17) is 9.47 Å². The topological polar surface area (TPSA) is 64.8 Å². The van der Waals surface area contributed by atoms with Crippen molar-refractivity contribution in [3.63, 3.8) is 0 Å². The Bertz CT molecular complexity index is 512. The zero-order chi connectivity index (χ0) is 13.9. The monoisotopic (exact) mass is 278 g/mol. The summed E-state index contributed by atoms with van der Waals surface area (Å²) in [5.74, 6) is 1.09. The van der Waals surface area contributed by atoms with E-state index in [-0.39, 0.29) is 17.4 Å². The van der Waals surface area contributed by atoms with Gasteiger partial charge in [-0.1, -0.05) is 6.42 Å². The molecule has 1 saturated heterocycles. The number of nitro benzene ring substituents is 1. The molecule has 1 aromatic carbocycles. The van der Waals surface area contributed by atoms with Crippen LogP contribution >= 0.6 is 0 Å². The van der Waals surface area contributed by atoms with Crippen LogP contribution in [0.5, 0.6) is 11.5 Å². The highest BCUT2D eigenvalue weighted by Crippen LogP contribution is 2.38. The predicted octanol–water partition coefficient (Wildman–Crippen LogP) is 2.35. The molecule has 0 unspecified atom stereocenters. The van der Waals surface area contributed by atoms with Gasteiger partial charge in [-0.2, -0.15) is 0 Å². The van der Waals surface area contributed by atoms with Gasteiger partial charge in [-0.15, -0.1) is 0 Å². The van der Waals surface area contributed by atoms with E-state index in [1.807, 2.05) is 0 Å². The third-order valence-electron chi connectivity index (χ3n) is 3.92. The summed E-state index contributed by atoms with van der Waals surface area (Å²) in [5, 5.41) is 11.2. The first kappa shape index (κ1) is 13.2. The number of nitrogens with zero attached hydrogens (tertiary/aromatic N) is 2. The molecule has 3 rings (SSSR count). The second-order valence-electron chi connectivity index (χ2n) is 5.24. The van der Waals surface area contributed by atoms with Gasteiger partial charge >= 0.3 is 0 Å². The Hall–Kier alpha value is -1.82. The molecule has 0 aliphatic carbocycles. The molecular formula is C14H18N2O4. The molecule has 0 N–H and O–H groups in total. The molecule has 0 radical (unpaired) electrons. The SMILES string of the molecule is O=[N+]([O-])c1cc2c(cc1CCN1CCCCC1)OCO2. The fourth-order valence-electron chi connectivity index (χ4n) is 2.81. The summed E-state index contributed by atoms with van der Waals surface area (Å²) < 4.78 is 10.5. The van der Waals surface area contributed by atoms with Crippen molar-refractivity contribution < 1.29 is 14.4 Å². The first-order chi connectivity index (χ1) is 9.74. The Morgan fingerprint density at radius 3 is 2.55 bits per heavy atom. The van der Waals surface area contributed by atoms with Gasteiger partial charge in [0.15, 0.2) is 11.5 Å². The third kappa shape index (κ3) is 2.70. The van der Waals surface area contributed by atoms with Crippen molar-refractivity contribution in [1.29, 1.82) is 0 Å². The quantitative estimate of drug-likeness (QED) is 0.625. The number of piperidine rings is 1. The second kappa shape index (κ2) is 5.66. The smallest absolute Gasteiger partial charge is 0.276 e. The second-order valence-corrected chi connectivity index (χ2v) is 5.24. The molecule has 2 aliphatic heterocycles.